The summed E-state index contributed by atoms with van der Waals surface area (Å²) in [5.41, 5.74) is 5.31. The summed E-state index contributed by atoms with van der Waals surface area (Å²) in [6, 6.07) is 8.73. The molecule has 3 aliphatic rings. The maximum atomic E-state index is 11.8. The van der Waals surface area contributed by atoms with Crippen molar-refractivity contribution in [2.24, 2.45) is 0 Å². The van der Waals surface area contributed by atoms with Crippen molar-refractivity contribution >= 4 is 27.5 Å². The van der Waals surface area contributed by atoms with Crippen LogP contribution in [0.15, 0.2) is 43.0 Å². The van der Waals surface area contributed by atoms with E-state index in [9.17, 15) is 8.42 Å². The number of fused-ring (bicyclic) bond motifs is 1. The molecule has 0 N–H and O–H groups in total. The van der Waals surface area contributed by atoms with Crippen molar-refractivity contribution < 1.29 is 13.2 Å². The molecule has 0 radical (unpaired) electrons. The molecule has 0 atom stereocenters. The molecule has 0 spiro atoms. The van der Waals surface area contributed by atoms with Gasteiger partial charge in [-0.2, -0.15) is 9.29 Å². The van der Waals surface area contributed by atoms with E-state index in [4.69, 9.17) is 14.7 Å². The van der Waals surface area contributed by atoms with Gasteiger partial charge in [0.1, 0.15) is 12.1 Å². The molecule has 39 heavy (non-hydrogen) atoms. The molecule has 206 valence electrons. The van der Waals surface area contributed by atoms with E-state index in [1.807, 2.05) is 12.4 Å². The standard InChI is InChI=1S/C27H34N8O3S/c1-39(36,37)34-12-10-32(11-13-34)8-6-21-2-4-23(5-3-21)35-9-7-24-25(22-18-28-20-29-19-22)30-27(31-26(24)35)33-14-16-38-17-15-33/h2-5,18-20H,6-17H2,1H3. The van der Waals surface area contributed by atoms with Gasteiger partial charge in [0, 0.05) is 81.6 Å². The Balaban J connectivity index is 1.19. The van der Waals surface area contributed by atoms with Crippen molar-refractivity contribution in [2.75, 3.05) is 81.6 Å². The molecule has 3 aliphatic heterocycles. The molecule has 6 rings (SSSR count). The average Bonchev–Trinajstić information content (AvgIpc) is 3.41. The lowest BCUT2D eigenvalue weighted by Crippen LogP contribution is -2.48. The third-order valence-electron chi connectivity index (χ3n) is 7.71. The fourth-order valence-electron chi connectivity index (χ4n) is 5.47. The van der Waals surface area contributed by atoms with Crippen LogP contribution in [0, 0.1) is 0 Å². The van der Waals surface area contributed by atoms with Gasteiger partial charge in [-0.25, -0.2) is 23.4 Å². The number of ether oxygens (including phenoxy) is 1. The van der Waals surface area contributed by atoms with Crippen LogP contribution in [0.5, 0.6) is 0 Å². The Labute approximate surface area is 229 Å². The van der Waals surface area contributed by atoms with Gasteiger partial charge >= 0.3 is 0 Å². The van der Waals surface area contributed by atoms with Gasteiger partial charge in [-0.1, -0.05) is 12.1 Å². The first-order valence-electron chi connectivity index (χ1n) is 13.5. The van der Waals surface area contributed by atoms with Gasteiger partial charge in [0.05, 0.1) is 25.2 Å². The van der Waals surface area contributed by atoms with Gasteiger partial charge < -0.3 is 19.4 Å². The van der Waals surface area contributed by atoms with Gasteiger partial charge in [0.2, 0.25) is 16.0 Å². The normalized spacial score (nSPS) is 18.9. The fourth-order valence-corrected chi connectivity index (χ4v) is 6.30. The minimum Gasteiger partial charge on any atom is -0.378 e. The highest BCUT2D eigenvalue weighted by Gasteiger charge is 2.29. The van der Waals surface area contributed by atoms with Crippen molar-refractivity contribution in [3.63, 3.8) is 0 Å². The third kappa shape index (κ3) is 5.74. The highest BCUT2D eigenvalue weighted by molar-refractivity contribution is 7.88. The van der Waals surface area contributed by atoms with Gasteiger partial charge in [-0.15, -0.1) is 0 Å². The summed E-state index contributed by atoms with van der Waals surface area (Å²) < 4.78 is 30.6. The second kappa shape index (κ2) is 11.1. The summed E-state index contributed by atoms with van der Waals surface area (Å²) >= 11 is 0. The number of piperazine rings is 1. The predicted octanol–water partition coefficient (Wildman–Crippen LogP) is 1.58. The van der Waals surface area contributed by atoms with Crippen LogP contribution in [-0.2, 0) is 27.6 Å². The van der Waals surface area contributed by atoms with E-state index >= 15 is 0 Å². The molecule has 2 fully saturated rings. The van der Waals surface area contributed by atoms with Crippen molar-refractivity contribution in [2.45, 2.75) is 12.8 Å². The maximum absolute atomic E-state index is 11.8. The molecule has 11 nitrogen and oxygen atoms in total. The second-order valence-corrected chi connectivity index (χ2v) is 12.2. The van der Waals surface area contributed by atoms with Crippen molar-refractivity contribution in [1.29, 1.82) is 0 Å². The van der Waals surface area contributed by atoms with E-state index in [-0.39, 0.29) is 0 Å². The third-order valence-corrected chi connectivity index (χ3v) is 9.01. The van der Waals surface area contributed by atoms with Crippen molar-refractivity contribution in [3.05, 3.63) is 54.1 Å². The molecule has 0 unspecified atom stereocenters. The number of aromatic nitrogens is 4. The lowest BCUT2D eigenvalue weighted by atomic mass is 10.1. The van der Waals surface area contributed by atoms with Gasteiger partial charge in [-0.05, 0) is 30.5 Å². The number of anilines is 3. The number of sulfonamides is 1. The van der Waals surface area contributed by atoms with E-state index in [0.29, 0.717) is 26.3 Å². The summed E-state index contributed by atoms with van der Waals surface area (Å²) in [6.07, 6.45) is 8.24. The monoisotopic (exact) mass is 550 g/mol. The molecule has 0 amide bonds. The molecule has 0 aliphatic carbocycles. The van der Waals surface area contributed by atoms with E-state index in [2.05, 4.69) is 48.9 Å². The molecular weight excluding hydrogens is 516 g/mol. The van der Waals surface area contributed by atoms with Crippen LogP contribution in [0.4, 0.5) is 17.5 Å². The SMILES string of the molecule is CS(=O)(=O)N1CCN(CCc2ccc(N3CCc4c(-c5cncnc5)nc(N5CCOCC5)nc43)cc2)CC1. The predicted molar refractivity (Wildman–Crippen MR) is 150 cm³/mol. The smallest absolute Gasteiger partial charge is 0.228 e. The second-order valence-electron chi connectivity index (χ2n) is 10.2. The Hall–Kier alpha value is -3.19. The number of nitrogens with zero attached hydrogens (tertiary/aromatic N) is 8. The van der Waals surface area contributed by atoms with E-state index < -0.39 is 10.0 Å². The van der Waals surface area contributed by atoms with E-state index in [1.165, 1.54) is 18.1 Å². The summed E-state index contributed by atoms with van der Waals surface area (Å²) in [5, 5.41) is 0. The highest BCUT2D eigenvalue weighted by Crippen LogP contribution is 2.39. The fraction of sp³-hybridized carbons (Fsp3) is 0.481. The summed E-state index contributed by atoms with van der Waals surface area (Å²) in [5.74, 6) is 1.66. The zero-order chi connectivity index (χ0) is 26.8. The minimum absolute atomic E-state index is 0.567. The molecule has 0 saturated carbocycles. The summed E-state index contributed by atoms with van der Waals surface area (Å²) in [6.45, 7) is 7.30. The largest absolute Gasteiger partial charge is 0.378 e. The zero-order valence-corrected chi connectivity index (χ0v) is 23.1. The van der Waals surface area contributed by atoms with Crippen molar-refractivity contribution in [3.8, 4) is 11.3 Å². The van der Waals surface area contributed by atoms with Crippen LogP contribution < -0.4 is 9.80 Å². The molecular formula is C27H34N8O3S. The number of hydrogen-bond donors (Lipinski definition) is 0. The van der Waals surface area contributed by atoms with E-state index in [1.54, 1.807) is 4.31 Å². The average molecular weight is 551 g/mol. The Morgan fingerprint density at radius 2 is 1.62 bits per heavy atom. The number of morpholine rings is 1. The van der Waals surface area contributed by atoms with Crippen LogP contribution in [0.3, 0.4) is 0 Å². The molecule has 12 heteroatoms. The topological polar surface area (TPSA) is 108 Å². The molecule has 1 aromatic carbocycles. The molecule has 3 aromatic rings. The minimum atomic E-state index is -3.10. The van der Waals surface area contributed by atoms with E-state index in [0.717, 1.165) is 86.4 Å². The highest BCUT2D eigenvalue weighted by atomic mass is 32.2. The first-order chi connectivity index (χ1) is 19.0. The Morgan fingerprint density at radius 3 is 2.31 bits per heavy atom. The lowest BCUT2D eigenvalue weighted by molar-refractivity contribution is 0.122. The summed E-state index contributed by atoms with van der Waals surface area (Å²) in [7, 11) is -3.10. The maximum Gasteiger partial charge on any atom is 0.228 e. The Kier molecular flexibility index (Phi) is 7.43. The van der Waals surface area contributed by atoms with Crippen molar-refractivity contribution in [1.82, 2.24) is 29.1 Å². The van der Waals surface area contributed by atoms with Gasteiger partial charge in [-0.3, -0.25) is 0 Å². The quantitative estimate of drug-likeness (QED) is 0.430. The van der Waals surface area contributed by atoms with Gasteiger partial charge in [0.15, 0.2) is 0 Å². The first-order valence-corrected chi connectivity index (χ1v) is 15.3. The molecule has 0 bridgehead atoms. The lowest BCUT2D eigenvalue weighted by Gasteiger charge is -2.33. The van der Waals surface area contributed by atoms with Crippen LogP contribution >= 0.6 is 0 Å². The Morgan fingerprint density at radius 1 is 0.897 bits per heavy atom. The van der Waals surface area contributed by atoms with Crippen LogP contribution in [0.25, 0.3) is 11.3 Å². The first kappa shape index (κ1) is 26.1. The zero-order valence-electron chi connectivity index (χ0n) is 22.2. The number of rotatable bonds is 7. The van der Waals surface area contributed by atoms with Crippen LogP contribution in [0.2, 0.25) is 0 Å². The summed E-state index contributed by atoms with van der Waals surface area (Å²) in [4.78, 5) is 25.3. The van der Waals surface area contributed by atoms with Gasteiger partial charge in [0.25, 0.3) is 0 Å². The Bertz CT molecular complexity index is 1390. The molecule has 2 aromatic heterocycles. The van der Waals surface area contributed by atoms with Crippen LogP contribution in [-0.4, -0.2) is 109 Å². The number of hydrogen-bond acceptors (Lipinski definition) is 10. The van der Waals surface area contributed by atoms with Crippen LogP contribution in [0.1, 0.15) is 11.1 Å². The molecule has 5 heterocycles. The molecule has 2 saturated heterocycles. The number of benzene rings is 1.